The van der Waals surface area contributed by atoms with Gasteiger partial charge in [0.1, 0.15) is 0 Å². The number of nitrogens with zero attached hydrogens (tertiary/aromatic N) is 3. The van der Waals surface area contributed by atoms with Crippen LogP contribution in [0.5, 0.6) is 0 Å². The highest BCUT2D eigenvalue weighted by molar-refractivity contribution is 6.14. The van der Waals surface area contributed by atoms with Crippen molar-refractivity contribution in [1.29, 1.82) is 0 Å². The van der Waals surface area contributed by atoms with E-state index < -0.39 is 0 Å². The largest absolute Gasteiger partial charge is 0.311 e. The Morgan fingerprint density at radius 3 is 1.03 bits per heavy atom. The van der Waals surface area contributed by atoms with Crippen molar-refractivity contribution >= 4 is 60.7 Å². The third kappa shape index (κ3) is 19.4. The molecule has 3 heteroatoms. The van der Waals surface area contributed by atoms with Gasteiger partial charge < -0.3 is 14.0 Å². The summed E-state index contributed by atoms with van der Waals surface area (Å²) in [7, 11) is 0. The minimum Gasteiger partial charge on any atom is -0.311 e. The first-order valence-electron chi connectivity index (χ1n) is 51.5. The van der Waals surface area contributed by atoms with Crippen LogP contribution in [0.1, 0.15) is 317 Å². The number of anilines is 3. The Hall–Kier alpha value is -10.7. The summed E-state index contributed by atoms with van der Waals surface area (Å²) in [5.74, 6) is 0. The minimum atomic E-state index is -0.194. The van der Waals surface area contributed by atoms with Crippen LogP contribution in [0.4, 0.5) is 17.1 Å². The van der Waals surface area contributed by atoms with Gasteiger partial charge in [0, 0.05) is 60.8 Å². The van der Waals surface area contributed by atoms with Crippen LogP contribution in [-0.2, 0) is 23.7 Å². The molecule has 15 aromatic rings. The molecule has 0 bridgehead atoms. The molecule has 2 heterocycles. The maximum atomic E-state index is 2.82. The monoisotopic (exact) mass is 1700 g/mol. The predicted molar refractivity (Wildman–Crippen MR) is 561 cm³/mol. The zero-order chi connectivity index (χ0) is 88.5. The van der Waals surface area contributed by atoms with Gasteiger partial charge in [-0.1, -0.05) is 403 Å². The van der Waals surface area contributed by atoms with Gasteiger partial charge in [0.15, 0.2) is 0 Å². The number of rotatable bonds is 47. The number of hydrogen-bond acceptors (Lipinski definition) is 1. The number of unbranched alkanes of at least 4 members (excludes halogenated alkanes) is 26. The van der Waals surface area contributed by atoms with E-state index in [2.05, 4.69) is 342 Å². The Bertz CT molecular complexity index is 6180. The topological polar surface area (TPSA) is 13.1 Å². The van der Waals surface area contributed by atoms with E-state index in [0.717, 1.165) is 61.3 Å². The number of fused-ring (bicyclic) bond motifs is 12. The van der Waals surface area contributed by atoms with Crippen LogP contribution in [0.25, 0.3) is 122 Å². The fourth-order valence-corrected chi connectivity index (χ4v) is 23.0. The van der Waals surface area contributed by atoms with E-state index >= 15 is 0 Å². The highest BCUT2D eigenvalue weighted by Crippen LogP contribution is 2.60. The smallest absolute Gasteiger partial charge is 0.0547 e. The van der Waals surface area contributed by atoms with Crippen molar-refractivity contribution in [3.8, 4) is 78.1 Å². The molecule has 0 fully saturated rings. The second kappa shape index (κ2) is 42.9. The molecule has 17 rings (SSSR count). The molecular formula is C126H145N3. The van der Waals surface area contributed by atoms with Crippen LogP contribution in [0.2, 0.25) is 0 Å². The van der Waals surface area contributed by atoms with Crippen molar-refractivity contribution < 1.29 is 0 Å². The third-order valence-electron chi connectivity index (χ3n) is 30.0. The van der Waals surface area contributed by atoms with E-state index in [1.54, 1.807) is 22.3 Å². The molecule has 0 atom stereocenters. The standard InChI is InChI=1S/C126H145N3/c1-9-15-21-27-31-46-78-125(79-47-32-28-22-16-10-2)116-82-93(8)60-74-107(116)111-91-124-115(89-118(111)125)113-84-99(96-54-44-37-45-55-96)65-77-121(113)129(124)122-87-100(56-38-25-19-13-5)109(85-102(122)57-39-26-20-14-6)101-63-75-108-110-90-123-114(88-119(110)126(117(108)86-101,80-48-33-29-23-17-11-3)81-49-34-30-24-18-12-4)112-83-98(95-52-42-36-43-53-95)64-76-120(112)128(123)106-72-70-105(71-73-106)127(103-66-58-92(7)59-67-103)104-68-61-97(62-69-104)94-50-40-35-41-51-94/h35-37,40-45,50-55,58-77,82-91H,9-34,38-39,46-49,56-57,78-81H2,1-8H3. The van der Waals surface area contributed by atoms with Gasteiger partial charge in [-0.15, -0.1) is 0 Å². The summed E-state index contributed by atoms with van der Waals surface area (Å²) < 4.78 is 5.44. The number of benzene rings is 13. The average Bonchev–Trinajstić information content (AvgIpc) is 1.54. The van der Waals surface area contributed by atoms with Crippen LogP contribution in [-0.4, -0.2) is 9.13 Å². The van der Waals surface area contributed by atoms with Gasteiger partial charge in [0.2, 0.25) is 0 Å². The second-order valence-corrected chi connectivity index (χ2v) is 39.1. The molecule has 0 amide bonds. The fourth-order valence-electron chi connectivity index (χ4n) is 23.0. The van der Waals surface area contributed by atoms with Crippen LogP contribution >= 0.6 is 0 Å². The predicted octanol–water partition coefficient (Wildman–Crippen LogP) is 38.4. The molecule has 2 aromatic heterocycles. The molecule has 0 radical (unpaired) electrons. The summed E-state index contributed by atoms with van der Waals surface area (Å²) in [5, 5.41) is 5.44. The molecule has 2 aliphatic rings. The molecule has 0 saturated carbocycles. The van der Waals surface area contributed by atoms with Gasteiger partial charge in [-0.05, 0) is 281 Å². The van der Waals surface area contributed by atoms with Gasteiger partial charge in [-0.2, -0.15) is 0 Å². The second-order valence-electron chi connectivity index (χ2n) is 39.1. The molecule has 13 aromatic carbocycles. The van der Waals surface area contributed by atoms with E-state index in [9.17, 15) is 0 Å². The number of hydrogen-bond donors (Lipinski definition) is 0. The number of aryl methyl sites for hydroxylation is 4. The van der Waals surface area contributed by atoms with Crippen molar-refractivity contribution in [2.45, 2.75) is 310 Å². The normalized spacial score (nSPS) is 13.0. The Kier molecular flexibility index (Phi) is 30.0. The molecule has 0 aliphatic heterocycles. The van der Waals surface area contributed by atoms with Crippen LogP contribution in [0.3, 0.4) is 0 Å². The van der Waals surface area contributed by atoms with Gasteiger partial charge in [-0.3, -0.25) is 0 Å². The summed E-state index contributed by atoms with van der Waals surface area (Å²) >= 11 is 0. The molecule has 664 valence electrons. The van der Waals surface area contributed by atoms with E-state index in [1.165, 1.54) is 344 Å². The molecule has 0 N–H and O–H groups in total. The van der Waals surface area contributed by atoms with E-state index in [1.807, 2.05) is 0 Å². The van der Waals surface area contributed by atoms with Gasteiger partial charge in [-0.25, -0.2) is 0 Å². The number of aromatic nitrogens is 2. The van der Waals surface area contributed by atoms with E-state index in [-0.39, 0.29) is 10.8 Å². The molecule has 0 spiro atoms. The Balaban J connectivity index is 0.862. The highest BCUT2D eigenvalue weighted by atomic mass is 15.1. The molecule has 0 unspecified atom stereocenters. The first-order valence-corrected chi connectivity index (χ1v) is 51.5. The zero-order valence-corrected chi connectivity index (χ0v) is 79.7. The van der Waals surface area contributed by atoms with E-state index in [0.29, 0.717) is 0 Å². The van der Waals surface area contributed by atoms with Crippen LogP contribution < -0.4 is 4.90 Å². The Morgan fingerprint density at radius 1 is 0.225 bits per heavy atom. The summed E-state index contributed by atoms with van der Waals surface area (Å²) in [5.41, 5.74) is 39.0. The zero-order valence-electron chi connectivity index (χ0n) is 79.7. The van der Waals surface area contributed by atoms with Crippen molar-refractivity contribution in [3.63, 3.8) is 0 Å². The minimum absolute atomic E-state index is 0.0438. The van der Waals surface area contributed by atoms with Gasteiger partial charge in [0.05, 0.1) is 22.1 Å². The first-order chi connectivity index (χ1) is 63.6. The average molecular weight is 1700 g/mol. The van der Waals surface area contributed by atoms with E-state index in [4.69, 9.17) is 0 Å². The molecule has 3 nitrogen and oxygen atoms in total. The lowest BCUT2D eigenvalue weighted by Gasteiger charge is -2.33. The molecule has 0 saturated heterocycles. The van der Waals surface area contributed by atoms with Crippen molar-refractivity contribution in [2.75, 3.05) is 4.90 Å². The Morgan fingerprint density at radius 2 is 0.566 bits per heavy atom. The lowest BCUT2D eigenvalue weighted by atomic mass is 9.70. The van der Waals surface area contributed by atoms with Crippen LogP contribution in [0.15, 0.2) is 273 Å². The maximum absolute atomic E-state index is 2.82. The lowest BCUT2D eigenvalue weighted by molar-refractivity contribution is 0.398. The lowest BCUT2D eigenvalue weighted by Crippen LogP contribution is -2.25. The molecule has 2 aliphatic carbocycles. The summed E-state index contributed by atoms with van der Waals surface area (Å²) in [6.45, 7) is 18.8. The first kappa shape index (κ1) is 90.2. The fraction of sp³-hybridized carbons (Fsp3) is 0.381. The van der Waals surface area contributed by atoms with Gasteiger partial charge >= 0.3 is 0 Å². The van der Waals surface area contributed by atoms with Crippen molar-refractivity contribution in [3.05, 3.63) is 317 Å². The van der Waals surface area contributed by atoms with Gasteiger partial charge in [0.25, 0.3) is 0 Å². The maximum Gasteiger partial charge on any atom is 0.0547 e. The van der Waals surface area contributed by atoms with Crippen molar-refractivity contribution in [1.82, 2.24) is 9.13 Å². The van der Waals surface area contributed by atoms with Crippen molar-refractivity contribution in [2.24, 2.45) is 0 Å². The SMILES string of the molecule is CCCCCCCCC1(CCCCCCCC)c2cc(-c3cc(CCCCCC)c(-n4c5ccc(-c6ccccc6)cc5c5cc6c(cc54)-c4ccc(C)cc4C6(CCCCCCCC)CCCCCCCC)cc3CCCCCC)ccc2-c2cc3c(cc21)c1cc(-c2ccccc2)ccc1n3-c1ccc(N(c2ccc(C)cc2)c2ccc(-c3ccccc3)cc2)cc1. The quantitative estimate of drug-likeness (QED) is 0.0347. The summed E-state index contributed by atoms with van der Waals surface area (Å²) in [4.78, 5) is 2.42. The Labute approximate surface area is 775 Å². The van der Waals surface area contributed by atoms with Crippen LogP contribution in [0, 0.1) is 13.8 Å². The summed E-state index contributed by atoms with van der Waals surface area (Å²) in [6, 6.07) is 108. The summed E-state index contributed by atoms with van der Waals surface area (Å²) in [6.07, 6.45) is 47.4. The molecule has 129 heavy (non-hydrogen) atoms. The molecular weight excluding hydrogens is 1560 g/mol. The highest BCUT2D eigenvalue weighted by Gasteiger charge is 2.45. The third-order valence-corrected chi connectivity index (χ3v) is 30.0.